The van der Waals surface area contributed by atoms with Crippen LogP contribution < -0.4 is 5.73 Å². The minimum Gasteiger partial charge on any atom is -0.383 e. The highest BCUT2D eigenvalue weighted by Gasteiger charge is 2.34. The van der Waals surface area contributed by atoms with Crippen molar-refractivity contribution >= 4 is 41.1 Å². The molecule has 1 aromatic carbocycles. The average molecular weight is 437 g/mol. The third kappa shape index (κ3) is 4.29. The molecule has 26 heavy (non-hydrogen) atoms. The number of alkyl halides is 6. The van der Waals surface area contributed by atoms with E-state index in [1.807, 2.05) is 0 Å². The lowest BCUT2D eigenvalue weighted by atomic mass is 10.2. The van der Waals surface area contributed by atoms with Gasteiger partial charge in [-0.3, -0.25) is 0 Å². The number of hydrogen-bond donors (Lipinski definition) is 1. The molecule has 0 saturated heterocycles. The Hall–Kier alpha value is -1.81. The Balaban J connectivity index is 2.57. The molecule has 1 aromatic heterocycles. The van der Waals surface area contributed by atoms with Gasteiger partial charge in [0.1, 0.15) is 22.5 Å². The predicted octanol–water partition coefficient (Wildman–Crippen LogP) is 5.20. The molecule has 140 valence electrons. The molecule has 0 amide bonds. The second kappa shape index (κ2) is 7.07. The van der Waals surface area contributed by atoms with Crippen LogP contribution in [-0.4, -0.2) is 16.1 Å². The lowest BCUT2D eigenvalue weighted by Gasteiger charge is -2.13. The molecule has 2 N–H and O–H groups in total. The van der Waals surface area contributed by atoms with E-state index in [9.17, 15) is 26.3 Å². The summed E-state index contributed by atoms with van der Waals surface area (Å²) in [5.41, 5.74) is 3.58. The Labute approximate surface area is 155 Å². The second-order valence-electron chi connectivity index (χ2n) is 4.49. The molecule has 0 spiro atoms. The van der Waals surface area contributed by atoms with E-state index in [2.05, 4.69) is 9.28 Å². The highest BCUT2D eigenvalue weighted by Crippen LogP contribution is 2.41. The lowest BCUT2D eigenvalue weighted by molar-refractivity contribution is -0.266. The maximum atomic E-state index is 12.8. The van der Waals surface area contributed by atoms with E-state index in [0.29, 0.717) is 16.8 Å². The van der Waals surface area contributed by atoms with Crippen molar-refractivity contribution in [2.24, 2.45) is 0 Å². The van der Waals surface area contributed by atoms with Crippen molar-refractivity contribution in [1.82, 2.24) is 9.78 Å². The summed E-state index contributed by atoms with van der Waals surface area (Å²) in [5, 5.41) is 11.5. The van der Waals surface area contributed by atoms with Gasteiger partial charge in [-0.1, -0.05) is 23.2 Å². The van der Waals surface area contributed by atoms with E-state index in [4.69, 9.17) is 34.2 Å². The standard InChI is InChI=1S/C12H4Cl2F6N4OS/c13-5-1-4(11(15,16)17)2-6(14)8(5)24-10(22)9(7(3-21)23-24)26-25-12(18,19)20/h1-2H,22H2. The van der Waals surface area contributed by atoms with Gasteiger partial charge in [0.05, 0.1) is 15.6 Å². The number of nitrogen functional groups attached to an aromatic ring is 1. The molecule has 0 radical (unpaired) electrons. The van der Waals surface area contributed by atoms with E-state index in [0.717, 1.165) is 0 Å². The Bertz CT molecular complexity index is 867. The fourth-order valence-electron chi connectivity index (χ4n) is 1.76. The van der Waals surface area contributed by atoms with Gasteiger partial charge >= 0.3 is 12.5 Å². The molecular weight excluding hydrogens is 433 g/mol. The van der Waals surface area contributed by atoms with Crippen LogP contribution in [0.2, 0.25) is 10.0 Å². The minimum absolute atomic E-state index is 0.282. The van der Waals surface area contributed by atoms with Gasteiger partial charge in [0.25, 0.3) is 0 Å². The number of nitrogens with two attached hydrogens (primary N) is 1. The fraction of sp³-hybridized carbons (Fsp3) is 0.167. The van der Waals surface area contributed by atoms with Crippen LogP contribution in [-0.2, 0) is 10.4 Å². The normalized spacial score (nSPS) is 12.3. The van der Waals surface area contributed by atoms with Crippen LogP contribution in [0.5, 0.6) is 0 Å². The second-order valence-corrected chi connectivity index (χ2v) is 6.04. The van der Waals surface area contributed by atoms with Crippen LogP contribution in [0.4, 0.5) is 32.2 Å². The van der Waals surface area contributed by atoms with E-state index in [1.54, 1.807) is 0 Å². The summed E-state index contributed by atoms with van der Waals surface area (Å²) in [6, 6.07) is 2.56. The van der Waals surface area contributed by atoms with Crippen molar-refractivity contribution in [2.75, 3.05) is 5.73 Å². The van der Waals surface area contributed by atoms with E-state index in [1.165, 1.54) is 6.07 Å². The average Bonchev–Trinajstić information content (AvgIpc) is 2.79. The van der Waals surface area contributed by atoms with Crippen molar-refractivity contribution in [2.45, 2.75) is 17.4 Å². The van der Waals surface area contributed by atoms with Crippen LogP contribution in [0.1, 0.15) is 11.3 Å². The highest BCUT2D eigenvalue weighted by atomic mass is 35.5. The van der Waals surface area contributed by atoms with Gasteiger partial charge in [-0.2, -0.15) is 23.5 Å². The zero-order valence-electron chi connectivity index (χ0n) is 11.9. The SMILES string of the molecule is N#Cc1nn(-c2c(Cl)cc(C(F)(F)F)cc2Cl)c(N)c1SOC(F)(F)F. The first-order chi connectivity index (χ1) is 11.8. The number of anilines is 1. The number of nitriles is 1. The number of benzene rings is 1. The summed E-state index contributed by atoms with van der Waals surface area (Å²) >= 11 is 11.3. The molecule has 2 rings (SSSR count). The van der Waals surface area contributed by atoms with Crippen molar-refractivity contribution in [3.8, 4) is 11.8 Å². The van der Waals surface area contributed by atoms with Crippen molar-refractivity contribution in [1.29, 1.82) is 5.26 Å². The number of aromatic nitrogens is 2. The smallest absolute Gasteiger partial charge is 0.383 e. The summed E-state index contributed by atoms with van der Waals surface area (Å²) in [7, 11) is 0. The molecule has 0 bridgehead atoms. The molecule has 2 aromatic rings. The maximum Gasteiger partial charge on any atom is 0.533 e. The number of nitrogens with zero attached hydrogens (tertiary/aromatic N) is 3. The number of rotatable bonds is 3. The summed E-state index contributed by atoms with van der Waals surface area (Å²) in [6.45, 7) is 0. The molecule has 0 unspecified atom stereocenters. The molecule has 0 fully saturated rings. The highest BCUT2D eigenvalue weighted by molar-refractivity contribution is 7.95. The topological polar surface area (TPSA) is 76.9 Å². The maximum absolute atomic E-state index is 12.8. The van der Waals surface area contributed by atoms with E-state index >= 15 is 0 Å². The zero-order chi connectivity index (χ0) is 19.9. The van der Waals surface area contributed by atoms with E-state index < -0.39 is 44.6 Å². The molecule has 1 heterocycles. The van der Waals surface area contributed by atoms with Crippen LogP contribution in [0, 0.1) is 11.3 Å². The van der Waals surface area contributed by atoms with Crippen LogP contribution in [0.3, 0.4) is 0 Å². The zero-order valence-corrected chi connectivity index (χ0v) is 14.2. The molecule has 0 atom stereocenters. The summed E-state index contributed by atoms with van der Waals surface area (Å²) in [4.78, 5) is -0.503. The Morgan fingerprint density at radius 1 is 1.15 bits per heavy atom. The molecule has 0 aliphatic rings. The molecule has 5 nitrogen and oxygen atoms in total. The Morgan fingerprint density at radius 2 is 1.69 bits per heavy atom. The van der Waals surface area contributed by atoms with Gasteiger partial charge in [-0.05, 0) is 12.1 Å². The van der Waals surface area contributed by atoms with Crippen molar-refractivity contribution in [3.63, 3.8) is 0 Å². The molecule has 0 aliphatic carbocycles. The first kappa shape index (κ1) is 20.5. The first-order valence-corrected chi connectivity index (χ1v) is 7.62. The van der Waals surface area contributed by atoms with Gasteiger partial charge in [-0.25, -0.2) is 8.86 Å². The molecular formula is C12H4Cl2F6N4OS. The summed E-state index contributed by atoms with van der Waals surface area (Å²) < 4.78 is 79.0. The summed E-state index contributed by atoms with van der Waals surface area (Å²) in [5.74, 6) is -0.528. The van der Waals surface area contributed by atoms with Crippen LogP contribution in [0.15, 0.2) is 17.0 Å². The van der Waals surface area contributed by atoms with Gasteiger partial charge in [0, 0.05) is 12.0 Å². The lowest BCUT2D eigenvalue weighted by Crippen LogP contribution is -2.09. The minimum atomic E-state index is -5.03. The Morgan fingerprint density at radius 3 is 2.12 bits per heavy atom. The van der Waals surface area contributed by atoms with Crippen LogP contribution in [0.25, 0.3) is 5.69 Å². The quantitative estimate of drug-likeness (QED) is 0.528. The number of halogens is 8. The fourth-order valence-corrected chi connectivity index (χ4v) is 2.93. The molecule has 0 saturated carbocycles. The van der Waals surface area contributed by atoms with Crippen LogP contribution >= 0.6 is 35.2 Å². The summed E-state index contributed by atoms with van der Waals surface area (Å²) in [6.07, 6.45) is -9.77. The number of hydrogen-bond acceptors (Lipinski definition) is 5. The monoisotopic (exact) mass is 436 g/mol. The largest absolute Gasteiger partial charge is 0.533 e. The van der Waals surface area contributed by atoms with E-state index in [-0.39, 0.29) is 17.7 Å². The molecule has 0 aliphatic heterocycles. The Kier molecular flexibility index (Phi) is 5.57. The van der Waals surface area contributed by atoms with Gasteiger partial charge in [0.2, 0.25) is 0 Å². The first-order valence-electron chi connectivity index (χ1n) is 6.12. The van der Waals surface area contributed by atoms with Gasteiger partial charge in [0.15, 0.2) is 5.69 Å². The third-order valence-corrected chi connectivity index (χ3v) is 4.18. The van der Waals surface area contributed by atoms with Gasteiger partial charge in [-0.15, -0.1) is 13.2 Å². The molecule has 14 heteroatoms. The van der Waals surface area contributed by atoms with Gasteiger partial charge < -0.3 is 5.73 Å². The van der Waals surface area contributed by atoms with Crippen molar-refractivity contribution < 1.29 is 30.5 Å². The van der Waals surface area contributed by atoms with Crippen molar-refractivity contribution in [3.05, 3.63) is 33.4 Å². The predicted molar refractivity (Wildman–Crippen MR) is 80.7 cm³/mol. The third-order valence-electron chi connectivity index (χ3n) is 2.76.